The van der Waals surface area contributed by atoms with Crippen molar-refractivity contribution in [2.24, 2.45) is 0 Å². The molecule has 4 rings (SSSR count). The number of rotatable bonds is 6. The third-order valence-electron chi connectivity index (χ3n) is 6.10. The van der Waals surface area contributed by atoms with Gasteiger partial charge in [0.15, 0.2) is 0 Å². The Bertz CT molecular complexity index is 1300. The minimum atomic E-state index is -4.05. The van der Waals surface area contributed by atoms with Gasteiger partial charge in [-0.25, -0.2) is 13.2 Å². The second-order valence-electron chi connectivity index (χ2n) is 8.20. The maximum absolute atomic E-state index is 13.0. The van der Waals surface area contributed by atoms with E-state index in [4.69, 9.17) is 24.9 Å². The van der Waals surface area contributed by atoms with Crippen molar-refractivity contribution in [3.63, 3.8) is 0 Å². The molecule has 0 bridgehead atoms. The summed E-state index contributed by atoms with van der Waals surface area (Å²) >= 11 is 0. The fourth-order valence-electron chi connectivity index (χ4n) is 4.27. The highest BCUT2D eigenvalue weighted by Gasteiger charge is 2.31. The fraction of sp³-hybridized carbons (Fsp3) is 0.269. The lowest BCUT2D eigenvalue weighted by molar-refractivity contribution is 0.0964. The predicted octanol–water partition coefficient (Wildman–Crippen LogP) is 4.96. The van der Waals surface area contributed by atoms with Gasteiger partial charge < -0.3 is 19.1 Å². The van der Waals surface area contributed by atoms with E-state index in [9.17, 15) is 13.2 Å². The zero-order valence-electron chi connectivity index (χ0n) is 19.4. The van der Waals surface area contributed by atoms with Crippen molar-refractivity contribution < 1.29 is 27.4 Å². The maximum atomic E-state index is 13.0. The summed E-state index contributed by atoms with van der Waals surface area (Å²) in [5.74, 6) is 0.554. The van der Waals surface area contributed by atoms with Crippen LogP contribution in [-0.2, 0) is 26.8 Å². The van der Waals surface area contributed by atoms with Crippen molar-refractivity contribution >= 4 is 25.8 Å². The van der Waals surface area contributed by atoms with Crippen LogP contribution in [0.15, 0.2) is 71.6 Å². The quantitative estimate of drug-likeness (QED) is 0.432. The van der Waals surface area contributed by atoms with E-state index in [1.54, 1.807) is 24.1 Å². The number of hydrogen-bond donors (Lipinski definition) is 0. The summed E-state index contributed by atoms with van der Waals surface area (Å²) in [6.45, 7) is 0.878. The van der Waals surface area contributed by atoms with Crippen molar-refractivity contribution in [3.05, 3.63) is 89.0 Å². The van der Waals surface area contributed by atoms with E-state index >= 15 is 0 Å². The van der Waals surface area contributed by atoms with Crippen molar-refractivity contribution in [3.8, 4) is 11.5 Å². The number of nitrogens with zero attached hydrogens (tertiary/aromatic N) is 1. The Balaban J connectivity index is 1.71. The number of carbonyl (C=O) groups is 1. The van der Waals surface area contributed by atoms with Crippen LogP contribution in [0.2, 0.25) is 0 Å². The first kappa shape index (κ1) is 24.9. The van der Waals surface area contributed by atoms with E-state index in [1.165, 1.54) is 7.11 Å². The number of fused-ring (bicyclic) bond motifs is 1. The molecule has 1 amide bonds. The Kier molecular flexibility index (Phi) is 7.52. The number of ether oxygens (including phenoxy) is 3. The standard InChI is InChI=1S/C26H26ClNO6S/c1-32-21-10-8-19(9-11-21)23-16-28(26(29)34-17-18-6-4-3-5-7-18)13-12-20-14-24(33-2)25(15-22(20)23)35(27,30)31/h3-11,14-15,23H,12-13,16-17H2,1-2H3. The predicted molar refractivity (Wildman–Crippen MR) is 133 cm³/mol. The van der Waals surface area contributed by atoms with Gasteiger partial charge in [0.05, 0.1) is 14.2 Å². The molecule has 184 valence electrons. The van der Waals surface area contributed by atoms with Crippen LogP contribution in [-0.4, -0.2) is 46.7 Å². The first-order chi connectivity index (χ1) is 16.8. The average molecular weight is 516 g/mol. The minimum absolute atomic E-state index is 0.0981. The summed E-state index contributed by atoms with van der Waals surface area (Å²) in [6, 6.07) is 20.2. The van der Waals surface area contributed by atoms with Crippen LogP contribution in [0.4, 0.5) is 4.79 Å². The number of hydrogen-bond acceptors (Lipinski definition) is 6. The molecule has 1 unspecified atom stereocenters. The number of halogens is 1. The summed E-state index contributed by atoms with van der Waals surface area (Å²) in [6.07, 6.45) is 0.0684. The lowest BCUT2D eigenvalue weighted by Gasteiger charge is -2.25. The lowest BCUT2D eigenvalue weighted by atomic mass is 9.88. The summed E-state index contributed by atoms with van der Waals surface area (Å²) in [7, 11) is 4.66. The Morgan fingerprint density at radius 2 is 1.74 bits per heavy atom. The van der Waals surface area contributed by atoms with Crippen molar-refractivity contribution in [2.75, 3.05) is 27.3 Å². The molecule has 1 heterocycles. The maximum Gasteiger partial charge on any atom is 0.410 e. The molecule has 7 nitrogen and oxygen atoms in total. The molecule has 0 fully saturated rings. The van der Waals surface area contributed by atoms with Gasteiger partial charge in [-0.1, -0.05) is 42.5 Å². The van der Waals surface area contributed by atoms with Gasteiger partial charge in [0, 0.05) is 29.7 Å². The summed E-state index contributed by atoms with van der Waals surface area (Å²) in [5, 5.41) is 0. The largest absolute Gasteiger partial charge is 0.497 e. The Morgan fingerprint density at radius 1 is 1.03 bits per heavy atom. The summed E-state index contributed by atoms with van der Waals surface area (Å²) in [4.78, 5) is 14.6. The highest BCUT2D eigenvalue weighted by atomic mass is 35.7. The molecular formula is C26H26ClNO6S. The smallest absolute Gasteiger partial charge is 0.410 e. The van der Waals surface area contributed by atoms with E-state index < -0.39 is 15.1 Å². The second-order valence-corrected chi connectivity index (χ2v) is 10.7. The zero-order valence-corrected chi connectivity index (χ0v) is 21.0. The Hall–Kier alpha value is -3.23. The second kappa shape index (κ2) is 10.6. The molecule has 1 aliphatic rings. The molecule has 1 atom stereocenters. The summed E-state index contributed by atoms with van der Waals surface area (Å²) in [5.41, 5.74) is 3.45. The van der Waals surface area contributed by atoms with Crippen molar-refractivity contribution in [1.29, 1.82) is 0 Å². The molecule has 0 N–H and O–H groups in total. The van der Waals surface area contributed by atoms with Gasteiger partial charge in [0.2, 0.25) is 0 Å². The van der Waals surface area contributed by atoms with Crippen LogP contribution in [0.5, 0.6) is 11.5 Å². The Labute approximate surface area is 209 Å². The van der Waals surface area contributed by atoms with E-state index in [0.717, 1.165) is 22.3 Å². The van der Waals surface area contributed by atoms with Gasteiger partial charge in [0.25, 0.3) is 9.05 Å². The molecule has 3 aromatic carbocycles. The van der Waals surface area contributed by atoms with E-state index in [1.807, 2.05) is 54.6 Å². The third-order valence-corrected chi connectivity index (χ3v) is 7.44. The summed E-state index contributed by atoms with van der Waals surface area (Å²) < 4.78 is 40.8. The van der Waals surface area contributed by atoms with Crippen LogP contribution >= 0.6 is 10.7 Å². The van der Waals surface area contributed by atoms with Gasteiger partial charge in [-0.05, 0) is 52.9 Å². The highest BCUT2D eigenvalue weighted by molar-refractivity contribution is 8.13. The average Bonchev–Trinajstić information content (AvgIpc) is 3.06. The molecule has 0 aliphatic carbocycles. The molecule has 1 aliphatic heterocycles. The third kappa shape index (κ3) is 5.71. The Morgan fingerprint density at radius 3 is 2.37 bits per heavy atom. The molecule has 3 aromatic rings. The number of benzene rings is 3. The lowest BCUT2D eigenvalue weighted by Crippen LogP contribution is -2.35. The molecule has 0 saturated heterocycles. The number of carbonyl (C=O) groups excluding carboxylic acids is 1. The van der Waals surface area contributed by atoms with Gasteiger partial charge in [-0.2, -0.15) is 0 Å². The van der Waals surface area contributed by atoms with Gasteiger partial charge in [-0.3, -0.25) is 0 Å². The van der Waals surface area contributed by atoms with E-state index in [-0.39, 0.29) is 23.2 Å². The van der Waals surface area contributed by atoms with Crippen molar-refractivity contribution in [2.45, 2.75) is 23.8 Å². The molecular weight excluding hydrogens is 490 g/mol. The normalized spacial score (nSPS) is 15.6. The van der Waals surface area contributed by atoms with Gasteiger partial charge in [-0.15, -0.1) is 0 Å². The SMILES string of the molecule is COc1ccc(C2CN(C(=O)OCc3ccccc3)CCc3cc(OC)c(S(=O)(=O)Cl)cc32)cc1. The number of amides is 1. The monoisotopic (exact) mass is 515 g/mol. The van der Waals surface area contributed by atoms with Crippen molar-refractivity contribution in [1.82, 2.24) is 4.90 Å². The van der Waals surface area contributed by atoms with Gasteiger partial charge in [0.1, 0.15) is 23.0 Å². The topological polar surface area (TPSA) is 82.1 Å². The van der Waals surface area contributed by atoms with Crippen LogP contribution in [0.3, 0.4) is 0 Å². The zero-order chi connectivity index (χ0) is 25.0. The highest BCUT2D eigenvalue weighted by Crippen LogP contribution is 2.38. The molecule has 35 heavy (non-hydrogen) atoms. The van der Waals surface area contributed by atoms with Gasteiger partial charge >= 0.3 is 6.09 Å². The van der Waals surface area contributed by atoms with E-state index in [2.05, 4.69) is 0 Å². The first-order valence-electron chi connectivity index (χ1n) is 11.0. The molecule has 9 heteroatoms. The van der Waals surface area contributed by atoms with Crippen LogP contribution in [0.1, 0.15) is 28.2 Å². The van der Waals surface area contributed by atoms with E-state index in [0.29, 0.717) is 25.3 Å². The van der Waals surface area contributed by atoms with Crippen LogP contribution in [0.25, 0.3) is 0 Å². The van der Waals surface area contributed by atoms with Crippen LogP contribution < -0.4 is 9.47 Å². The molecule has 0 saturated carbocycles. The first-order valence-corrected chi connectivity index (χ1v) is 13.4. The molecule has 0 aromatic heterocycles. The minimum Gasteiger partial charge on any atom is -0.497 e. The fourth-order valence-corrected chi connectivity index (χ4v) is 5.28. The van der Waals surface area contributed by atoms with Crippen LogP contribution in [0, 0.1) is 0 Å². The molecule has 0 spiro atoms. The number of methoxy groups -OCH3 is 2. The molecule has 0 radical (unpaired) electrons.